The standard InChI is InChI=1S/C26H18FN7O2S2/c27-22-18(7-4-8-20(22)34-38(35,36)17-9-10-19-16(13-17)14-30-33-19)23-24(21-11-12-29-26(28)31-21)37-25(32-23)15-5-2-1-3-6-15/h1-14,34H,(H,30,33)(H2,28,29,31). The summed E-state index contributed by atoms with van der Waals surface area (Å²) in [5.41, 5.74) is 8.04. The predicted molar refractivity (Wildman–Crippen MR) is 145 cm³/mol. The molecule has 0 unspecified atom stereocenters. The average molecular weight is 544 g/mol. The number of nitrogen functional groups attached to an aromatic ring is 1. The Bertz CT molecular complexity index is 1900. The molecule has 0 aliphatic heterocycles. The second kappa shape index (κ2) is 9.32. The van der Waals surface area contributed by atoms with Crippen molar-refractivity contribution in [3.8, 4) is 32.4 Å². The summed E-state index contributed by atoms with van der Waals surface area (Å²) in [6.07, 6.45) is 3.03. The van der Waals surface area contributed by atoms with Crippen molar-refractivity contribution < 1.29 is 12.8 Å². The van der Waals surface area contributed by atoms with E-state index in [0.29, 0.717) is 32.2 Å². The number of fused-ring (bicyclic) bond motifs is 1. The number of hydrogen-bond donors (Lipinski definition) is 3. The fourth-order valence-electron chi connectivity index (χ4n) is 3.97. The second-order valence-corrected chi connectivity index (χ2v) is 10.9. The predicted octanol–water partition coefficient (Wildman–Crippen LogP) is 5.33. The van der Waals surface area contributed by atoms with E-state index in [1.54, 1.807) is 24.3 Å². The third-order valence-corrected chi connectivity index (χ3v) is 8.27. The van der Waals surface area contributed by atoms with E-state index < -0.39 is 15.8 Å². The van der Waals surface area contributed by atoms with Gasteiger partial charge in [-0.3, -0.25) is 9.82 Å². The molecule has 3 aromatic carbocycles. The number of nitrogens with zero attached hydrogens (tertiary/aromatic N) is 4. The molecular formula is C26H18FN7O2S2. The molecule has 188 valence electrons. The van der Waals surface area contributed by atoms with Crippen LogP contribution in [-0.4, -0.2) is 33.6 Å². The third kappa shape index (κ3) is 4.35. The minimum Gasteiger partial charge on any atom is -0.368 e. The quantitative estimate of drug-likeness (QED) is 0.258. The fraction of sp³-hybridized carbons (Fsp3) is 0. The molecule has 0 saturated carbocycles. The van der Waals surface area contributed by atoms with E-state index in [-0.39, 0.29) is 22.1 Å². The Morgan fingerprint density at radius 1 is 0.974 bits per heavy atom. The van der Waals surface area contributed by atoms with Crippen molar-refractivity contribution in [2.24, 2.45) is 0 Å². The Labute approximate surface area is 220 Å². The number of rotatable bonds is 6. The Balaban J connectivity index is 1.45. The molecule has 6 rings (SSSR count). The van der Waals surface area contributed by atoms with Crippen LogP contribution >= 0.6 is 11.3 Å². The smallest absolute Gasteiger partial charge is 0.262 e. The van der Waals surface area contributed by atoms with Crippen LogP contribution in [0.2, 0.25) is 0 Å². The summed E-state index contributed by atoms with van der Waals surface area (Å²) in [7, 11) is -4.10. The molecule has 3 aromatic heterocycles. The monoisotopic (exact) mass is 543 g/mol. The van der Waals surface area contributed by atoms with Crippen LogP contribution in [0.5, 0.6) is 0 Å². The zero-order valence-electron chi connectivity index (χ0n) is 19.5. The van der Waals surface area contributed by atoms with Crippen LogP contribution in [0.3, 0.4) is 0 Å². The van der Waals surface area contributed by atoms with Crippen LogP contribution < -0.4 is 10.5 Å². The van der Waals surface area contributed by atoms with Crippen LogP contribution in [0, 0.1) is 5.82 Å². The maximum atomic E-state index is 16.0. The number of aromatic amines is 1. The Morgan fingerprint density at radius 2 is 1.82 bits per heavy atom. The van der Waals surface area contributed by atoms with Crippen molar-refractivity contribution in [2.75, 3.05) is 10.5 Å². The number of benzene rings is 3. The molecular weight excluding hydrogens is 525 g/mol. The molecule has 0 radical (unpaired) electrons. The Morgan fingerprint density at radius 3 is 2.63 bits per heavy atom. The summed E-state index contributed by atoms with van der Waals surface area (Å²) in [4.78, 5) is 13.5. The van der Waals surface area contributed by atoms with Gasteiger partial charge in [0.05, 0.1) is 38.6 Å². The number of anilines is 2. The first-order chi connectivity index (χ1) is 18.4. The molecule has 0 saturated heterocycles. The number of nitrogens with one attached hydrogen (secondary N) is 2. The molecule has 3 heterocycles. The molecule has 4 N–H and O–H groups in total. The van der Waals surface area contributed by atoms with Crippen molar-refractivity contribution in [1.82, 2.24) is 25.1 Å². The number of nitrogens with two attached hydrogens (primary N) is 1. The zero-order chi connectivity index (χ0) is 26.3. The summed E-state index contributed by atoms with van der Waals surface area (Å²) in [5, 5.41) is 7.94. The Hall–Kier alpha value is -4.68. The normalized spacial score (nSPS) is 11.6. The van der Waals surface area contributed by atoms with Gasteiger partial charge in [0.1, 0.15) is 5.01 Å². The first-order valence-corrected chi connectivity index (χ1v) is 13.6. The van der Waals surface area contributed by atoms with Gasteiger partial charge in [-0.2, -0.15) is 5.10 Å². The highest BCUT2D eigenvalue weighted by atomic mass is 32.2. The lowest BCUT2D eigenvalue weighted by atomic mass is 10.1. The van der Waals surface area contributed by atoms with Gasteiger partial charge in [0.25, 0.3) is 10.0 Å². The Kier molecular flexibility index (Phi) is 5.81. The number of H-pyrrole nitrogens is 1. The van der Waals surface area contributed by atoms with Gasteiger partial charge in [-0.15, -0.1) is 11.3 Å². The van der Waals surface area contributed by atoms with Gasteiger partial charge in [0, 0.05) is 22.7 Å². The molecule has 0 spiro atoms. The molecule has 0 aliphatic rings. The summed E-state index contributed by atoms with van der Waals surface area (Å²) in [6.45, 7) is 0. The molecule has 9 nitrogen and oxygen atoms in total. The topological polar surface area (TPSA) is 140 Å². The van der Waals surface area contributed by atoms with E-state index in [4.69, 9.17) is 10.7 Å². The SMILES string of the molecule is Nc1nccc(-c2sc(-c3ccccc3)nc2-c2cccc(NS(=O)(=O)c3ccc4[nH]ncc4c3)c2F)n1. The van der Waals surface area contributed by atoms with Crippen LogP contribution in [0.15, 0.2) is 90.1 Å². The number of aromatic nitrogens is 5. The van der Waals surface area contributed by atoms with Crippen LogP contribution in [0.1, 0.15) is 0 Å². The van der Waals surface area contributed by atoms with Crippen molar-refractivity contribution >= 4 is 43.9 Å². The van der Waals surface area contributed by atoms with Gasteiger partial charge in [0.15, 0.2) is 5.82 Å². The van der Waals surface area contributed by atoms with E-state index in [0.717, 1.165) is 5.56 Å². The van der Waals surface area contributed by atoms with Gasteiger partial charge in [-0.05, 0) is 36.4 Å². The molecule has 0 fully saturated rings. The fourth-order valence-corrected chi connectivity index (χ4v) is 6.12. The van der Waals surface area contributed by atoms with Crippen molar-refractivity contribution in [2.45, 2.75) is 4.90 Å². The highest BCUT2D eigenvalue weighted by Crippen LogP contribution is 2.41. The highest BCUT2D eigenvalue weighted by Gasteiger charge is 2.23. The number of sulfonamides is 1. The number of hydrogen-bond acceptors (Lipinski definition) is 8. The minimum absolute atomic E-state index is 0.0200. The first-order valence-electron chi connectivity index (χ1n) is 11.3. The molecule has 0 bridgehead atoms. The van der Waals surface area contributed by atoms with Crippen molar-refractivity contribution in [3.63, 3.8) is 0 Å². The molecule has 6 aromatic rings. The van der Waals surface area contributed by atoms with Crippen molar-refractivity contribution in [1.29, 1.82) is 0 Å². The van der Waals surface area contributed by atoms with Crippen LogP contribution in [0.4, 0.5) is 16.0 Å². The largest absolute Gasteiger partial charge is 0.368 e. The highest BCUT2D eigenvalue weighted by molar-refractivity contribution is 7.92. The van der Waals surface area contributed by atoms with E-state index in [1.165, 1.54) is 41.9 Å². The minimum atomic E-state index is -4.10. The number of thiazole rings is 1. The third-order valence-electron chi connectivity index (χ3n) is 5.77. The summed E-state index contributed by atoms with van der Waals surface area (Å²) in [6, 6.07) is 20.1. The van der Waals surface area contributed by atoms with E-state index in [2.05, 4.69) is 24.9 Å². The van der Waals surface area contributed by atoms with Gasteiger partial charge in [-0.1, -0.05) is 36.4 Å². The number of halogens is 1. The molecule has 38 heavy (non-hydrogen) atoms. The lowest BCUT2D eigenvalue weighted by molar-refractivity contribution is 0.599. The lowest BCUT2D eigenvalue weighted by Crippen LogP contribution is -2.14. The summed E-state index contributed by atoms with van der Waals surface area (Å²) >= 11 is 1.32. The maximum Gasteiger partial charge on any atom is 0.262 e. The molecule has 12 heteroatoms. The average Bonchev–Trinajstić information content (AvgIpc) is 3.57. The van der Waals surface area contributed by atoms with E-state index in [9.17, 15) is 8.42 Å². The molecule has 0 aliphatic carbocycles. The van der Waals surface area contributed by atoms with E-state index >= 15 is 4.39 Å². The van der Waals surface area contributed by atoms with Crippen LogP contribution in [0.25, 0.3) is 43.3 Å². The maximum absolute atomic E-state index is 16.0. The van der Waals surface area contributed by atoms with Gasteiger partial charge < -0.3 is 5.73 Å². The van der Waals surface area contributed by atoms with Crippen LogP contribution in [-0.2, 0) is 10.0 Å². The van der Waals surface area contributed by atoms with Gasteiger partial charge >= 0.3 is 0 Å². The second-order valence-electron chi connectivity index (χ2n) is 8.25. The zero-order valence-corrected chi connectivity index (χ0v) is 21.1. The van der Waals surface area contributed by atoms with Gasteiger partial charge in [0.2, 0.25) is 5.95 Å². The summed E-state index contributed by atoms with van der Waals surface area (Å²) < 4.78 is 44.6. The van der Waals surface area contributed by atoms with E-state index in [1.807, 2.05) is 30.3 Å². The summed E-state index contributed by atoms with van der Waals surface area (Å²) in [5.74, 6) is -0.701. The van der Waals surface area contributed by atoms with Gasteiger partial charge in [-0.25, -0.2) is 27.8 Å². The van der Waals surface area contributed by atoms with Crippen molar-refractivity contribution in [3.05, 3.63) is 91.0 Å². The first kappa shape index (κ1) is 23.7. The lowest BCUT2D eigenvalue weighted by Gasteiger charge is -2.12. The molecule has 0 atom stereocenters. The molecule has 0 amide bonds.